The standard InChI is InChI=1S/C16H16Cl2/c1-11-3-5-13(7-15(11)9-17)14-6-4-12(2)16(8-14)10-18/h3-8H,9-10H2,1-2H3. The minimum atomic E-state index is 0.550. The van der Waals surface area contributed by atoms with Crippen LogP contribution < -0.4 is 0 Å². The van der Waals surface area contributed by atoms with Crippen LogP contribution in [-0.2, 0) is 11.8 Å². The van der Waals surface area contributed by atoms with E-state index >= 15 is 0 Å². The van der Waals surface area contributed by atoms with Gasteiger partial charge in [0.1, 0.15) is 0 Å². The van der Waals surface area contributed by atoms with Crippen LogP contribution in [0.1, 0.15) is 22.3 Å². The number of alkyl halides is 2. The van der Waals surface area contributed by atoms with Gasteiger partial charge >= 0.3 is 0 Å². The summed E-state index contributed by atoms with van der Waals surface area (Å²) in [6.07, 6.45) is 0. The number of hydrogen-bond donors (Lipinski definition) is 0. The first-order chi connectivity index (χ1) is 8.65. The number of benzene rings is 2. The van der Waals surface area contributed by atoms with Crippen molar-refractivity contribution < 1.29 is 0 Å². The fourth-order valence-electron chi connectivity index (χ4n) is 1.99. The molecule has 0 fully saturated rings. The Bertz CT molecular complexity index is 508. The van der Waals surface area contributed by atoms with Gasteiger partial charge < -0.3 is 0 Å². The van der Waals surface area contributed by atoms with E-state index in [-0.39, 0.29) is 0 Å². The summed E-state index contributed by atoms with van der Waals surface area (Å²) in [4.78, 5) is 0. The smallest absolute Gasteiger partial charge is 0.0476 e. The van der Waals surface area contributed by atoms with Gasteiger partial charge in [-0.05, 0) is 59.4 Å². The molecule has 0 radical (unpaired) electrons. The lowest BCUT2D eigenvalue weighted by atomic mass is 9.97. The van der Waals surface area contributed by atoms with Crippen LogP contribution in [-0.4, -0.2) is 0 Å². The van der Waals surface area contributed by atoms with Crippen LogP contribution >= 0.6 is 23.2 Å². The molecular formula is C16H16Cl2. The van der Waals surface area contributed by atoms with Crippen LogP contribution in [0.5, 0.6) is 0 Å². The molecule has 2 heteroatoms. The van der Waals surface area contributed by atoms with E-state index < -0.39 is 0 Å². The maximum absolute atomic E-state index is 5.95. The number of rotatable bonds is 3. The molecule has 0 bridgehead atoms. The zero-order valence-electron chi connectivity index (χ0n) is 10.6. The van der Waals surface area contributed by atoms with Gasteiger partial charge in [0.25, 0.3) is 0 Å². The predicted molar refractivity (Wildman–Crippen MR) is 80.5 cm³/mol. The third-order valence-corrected chi connectivity index (χ3v) is 3.90. The van der Waals surface area contributed by atoms with Gasteiger partial charge in [-0.3, -0.25) is 0 Å². The number of hydrogen-bond acceptors (Lipinski definition) is 0. The Labute approximate surface area is 119 Å². The quantitative estimate of drug-likeness (QED) is 0.655. The van der Waals surface area contributed by atoms with Gasteiger partial charge in [-0.2, -0.15) is 0 Å². The van der Waals surface area contributed by atoms with Gasteiger partial charge in [-0.1, -0.05) is 24.3 Å². The minimum Gasteiger partial charge on any atom is -0.122 e. The SMILES string of the molecule is Cc1ccc(-c2ccc(C)c(CCl)c2)cc1CCl. The lowest BCUT2D eigenvalue weighted by Gasteiger charge is -2.09. The average molecular weight is 279 g/mol. The zero-order valence-corrected chi connectivity index (χ0v) is 12.1. The van der Waals surface area contributed by atoms with E-state index in [2.05, 4.69) is 50.2 Å². The summed E-state index contributed by atoms with van der Waals surface area (Å²) in [5.41, 5.74) is 7.23. The summed E-state index contributed by atoms with van der Waals surface area (Å²) in [6, 6.07) is 12.8. The molecule has 0 spiro atoms. The second-order valence-corrected chi connectivity index (χ2v) is 5.08. The average Bonchev–Trinajstić information content (AvgIpc) is 2.40. The van der Waals surface area contributed by atoms with E-state index in [1.54, 1.807) is 0 Å². The van der Waals surface area contributed by atoms with Gasteiger partial charge in [0.05, 0.1) is 0 Å². The number of halogens is 2. The van der Waals surface area contributed by atoms with Crippen LogP contribution in [0, 0.1) is 13.8 Å². The lowest BCUT2D eigenvalue weighted by molar-refractivity contribution is 1.28. The molecule has 18 heavy (non-hydrogen) atoms. The van der Waals surface area contributed by atoms with Crippen LogP contribution in [0.3, 0.4) is 0 Å². The molecule has 0 atom stereocenters. The second-order valence-electron chi connectivity index (χ2n) is 4.55. The van der Waals surface area contributed by atoms with Crippen LogP contribution in [0.15, 0.2) is 36.4 Å². The molecule has 0 N–H and O–H groups in total. The Morgan fingerprint density at radius 2 is 1.11 bits per heavy atom. The minimum absolute atomic E-state index is 0.550. The normalized spacial score (nSPS) is 10.7. The number of aryl methyl sites for hydroxylation is 2. The monoisotopic (exact) mass is 278 g/mol. The first kappa shape index (κ1) is 13.5. The highest BCUT2D eigenvalue weighted by Gasteiger charge is 2.04. The summed E-state index contributed by atoms with van der Waals surface area (Å²) in [6.45, 7) is 4.17. The molecule has 2 rings (SSSR count). The molecule has 2 aromatic carbocycles. The second kappa shape index (κ2) is 5.77. The van der Waals surface area contributed by atoms with Crippen molar-refractivity contribution in [2.24, 2.45) is 0 Å². The highest BCUT2D eigenvalue weighted by molar-refractivity contribution is 6.17. The van der Waals surface area contributed by atoms with Gasteiger partial charge in [0, 0.05) is 11.8 Å². The molecule has 0 saturated heterocycles. The third-order valence-electron chi connectivity index (χ3n) is 3.32. The van der Waals surface area contributed by atoms with E-state index in [4.69, 9.17) is 23.2 Å². The van der Waals surface area contributed by atoms with Gasteiger partial charge in [-0.15, -0.1) is 23.2 Å². The Kier molecular flexibility index (Phi) is 4.31. The summed E-state index contributed by atoms with van der Waals surface area (Å²) >= 11 is 11.9. The predicted octanol–water partition coefficient (Wildman–Crippen LogP) is 5.45. The molecular weight excluding hydrogens is 263 g/mol. The van der Waals surface area contributed by atoms with Crippen molar-refractivity contribution in [2.75, 3.05) is 0 Å². The molecule has 0 aromatic heterocycles. The molecule has 0 nitrogen and oxygen atoms in total. The highest BCUT2D eigenvalue weighted by Crippen LogP contribution is 2.26. The Balaban J connectivity index is 2.48. The Hall–Kier alpha value is -0.980. The molecule has 0 amide bonds. The third kappa shape index (κ3) is 2.71. The van der Waals surface area contributed by atoms with Crippen molar-refractivity contribution in [1.29, 1.82) is 0 Å². The Morgan fingerprint density at radius 1 is 0.722 bits per heavy atom. The van der Waals surface area contributed by atoms with Crippen molar-refractivity contribution in [3.63, 3.8) is 0 Å². The van der Waals surface area contributed by atoms with Gasteiger partial charge in [0.2, 0.25) is 0 Å². The molecule has 0 unspecified atom stereocenters. The zero-order chi connectivity index (χ0) is 13.1. The largest absolute Gasteiger partial charge is 0.122 e. The van der Waals surface area contributed by atoms with Crippen LogP contribution in [0.2, 0.25) is 0 Å². The molecule has 0 aliphatic rings. The Morgan fingerprint density at radius 3 is 1.44 bits per heavy atom. The van der Waals surface area contributed by atoms with Crippen LogP contribution in [0.25, 0.3) is 11.1 Å². The highest BCUT2D eigenvalue weighted by atomic mass is 35.5. The first-order valence-corrected chi connectivity index (χ1v) is 7.04. The van der Waals surface area contributed by atoms with Gasteiger partial charge in [0.15, 0.2) is 0 Å². The fraction of sp³-hybridized carbons (Fsp3) is 0.250. The summed E-state index contributed by atoms with van der Waals surface area (Å²) in [5.74, 6) is 1.10. The van der Waals surface area contributed by atoms with Gasteiger partial charge in [-0.25, -0.2) is 0 Å². The van der Waals surface area contributed by atoms with Crippen molar-refractivity contribution in [3.8, 4) is 11.1 Å². The van der Waals surface area contributed by atoms with Crippen molar-refractivity contribution in [1.82, 2.24) is 0 Å². The van der Waals surface area contributed by atoms with Crippen molar-refractivity contribution >= 4 is 23.2 Å². The maximum Gasteiger partial charge on any atom is 0.0476 e. The molecule has 0 aliphatic carbocycles. The topological polar surface area (TPSA) is 0 Å². The molecule has 0 heterocycles. The van der Waals surface area contributed by atoms with E-state index in [1.165, 1.54) is 33.4 Å². The fourth-order valence-corrected chi connectivity index (χ4v) is 2.57. The van der Waals surface area contributed by atoms with E-state index in [1.807, 2.05) is 0 Å². The molecule has 0 saturated carbocycles. The molecule has 2 aromatic rings. The van der Waals surface area contributed by atoms with E-state index in [0.29, 0.717) is 11.8 Å². The molecule has 0 aliphatic heterocycles. The maximum atomic E-state index is 5.95. The molecule has 94 valence electrons. The lowest BCUT2D eigenvalue weighted by Crippen LogP contribution is -1.89. The summed E-state index contributed by atoms with van der Waals surface area (Å²) < 4.78 is 0. The van der Waals surface area contributed by atoms with Crippen molar-refractivity contribution in [3.05, 3.63) is 58.7 Å². The first-order valence-electron chi connectivity index (χ1n) is 5.97. The van der Waals surface area contributed by atoms with E-state index in [0.717, 1.165) is 0 Å². The summed E-state index contributed by atoms with van der Waals surface area (Å²) in [7, 11) is 0. The van der Waals surface area contributed by atoms with Crippen LogP contribution in [0.4, 0.5) is 0 Å². The summed E-state index contributed by atoms with van der Waals surface area (Å²) in [5, 5.41) is 0. The van der Waals surface area contributed by atoms with Crippen molar-refractivity contribution in [2.45, 2.75) is 25.6 Å². The van der Waals surface area contributed by atoms with E-state index in [9.17, 15) is 0 Å².